The summed E-state index contributed by atoms with van der Waals surface area (Å²) in [5.41, 5.74) is 1.08. The fraction of sp³-hybridized carbons (Fsp3) is 0.600. The largest absolute Gasteiger partial charge is 0.356 e. The molecular weight excluding hydrogens is 250 g/mol. The van der Waals surface area contributed by atoms with Crippen LogP contribution in [-0.4, -0.2) is 25.6 Å². The quantitative estimate of drug-likeness (QED) is 0.715. The molecule has 20 heavy (non-hydrogen) atoms. The zero-order valence-corrected chi connectivity index (χ0v) is 12.5. The van der Waals surface area contributed by atoms with Crippen molar-refractivity contribution in [3.05, 3.63) is 30.6 Å². The van der Waals surface area contributed by atoms with E-state index in [1.807, 2.05) is 25.6 Å². The van der Waals surface area contributed by atoms with E-state index in [-0.39, 0.29) is 0 Å². The normalized spacial score (nSPS) is 10.9. The van der Waals surface area contributed by atoms with Crippen molar-refractivity contribution in [1.82, 2.24) is 19.1 Å². The molecule has 1 N–H and O–H groups in total. The fourth-order valence-corrected chi connectivity index (χ4v) is 2.23. The first kappa shape index (κ1) is 14.6. The third kappa shape index (κ3) is 4.40. The van der Waals surface area contributed by atoms with Crippen LogP contribution in [0.15, 0.2) is 24.9 Å². The van der Waals surface area contributed by atoms with Gasteiger partial charge in [-0.05, 0) is 26.2 Å². The number of nitrogens with zero attached hydrogens (tertiary/aromatic N) is 4. The van der Waals surface area contributed by atoms with Crippen LogP contribution < -0.4 is 5.32 Å². The molecule has 0 unspecified atom stereocenters. The van der Waals surface area contributed by atoms with Crippen LogP contribution in [0, 0.1) is 6.92 Å². The minimum Gasteiger partial charge on any atom is -0.356 e. The van der Waals surface area contributed by atoms with E-state index in [1.54, 1.807) is 0 Å². The number of anilines is 1. The highest BCUT2D eigenvalue weighted by Crippen LogP contribution is 2.10. The molecular formula is C15H25N5. The number of unbranched alkanes of at least 4 members (excludes halogenated alkanes) is 2. The summed E-state index contributed by atoms with van der Waals surface area (Å²) in [5.74, 6) is 1.01. The summed E-state index contributed by atoms with van der Waals surface area (Å²) in [6, 6.07) is 0. The molecule has 2 aromatic rings. The Morgan fingerprint density at radius 1 is 1.20 bits per heavy atom. The molecule has 110 valence electrons. The Bertz CT molecular complexity index is 486. The van der Waals surface area contributed by atoms with E-state index in [1.165, 1.54) is 12.8 Å². The van der Waals surface area contributed by atoms with Crippen LogP contribution in [0.25, 0.3) is 0 Å². The van der Waals surface area contributed by atoms with E-state index >= 15 is 0 Å². The number of nitrogens with one attached hydrogen (secondary N) is 1. The number of hydrogen-bond acceptors (Lipinski definition) is 3. The third-order valence-electron chi connectivity index (χ3n) is 3.33. The van der Waals surface area contributed by atoms with Gasteiger partial charge in [0.2, 0.25) is 5.95 Å². The highest BCUT2D eigenvalue weighted by atomic mass is 15.2. The van der Waals surface area contributed by atoms with Crippen molar-refractivity contribution in [2.24, 2.45) is 0 Å². The second kappa shape index (κ2) is 7.72. The summed E-state index contributed by atoms with van der Waals surface area (Å²) in [6.45, 7) is 7.31. The Kier molecular flexibility index (Phi) is 5.65. The molecule has 0 saturated heterocycles. The molecule has 5 nitrogen and oxygen atoms in total. The van der Waals surface area contributed by atoms with Crippen molar-refractivity contribution in [2.75, 3.05) is 11.9 Å². The number of hydrogen-bond donors (Lipinski definition) is 1. The second-order valence-corrected chi connectivity index (χ2v) is 5.19. The number of aryl methyl sites for hydroxylation is 3. The van der Waals surface area contributed by atoms with Crippen LogP contribution in [0.3, 0.4) is 0 Å². The summed E-state index contributed by atoms with van der Waals surface area (Å²) in [5, 5.41) is 3.43. The SMILES string of the molecule is CCCCNc1nc(C)cn1CCCCn1ccnc1. The molecule has 2 aromatic heterocycles. The van der Waals surface area contributed by atoms with Crippen molar-refractivity contribution in [3.8, 4) is 0 Å². The van der Waals surface area contributed by atoms with Gasteiger partial charge in [-0.25, -0.2) is 9.97 Å². The van der Waals surface area contributed by atoms with Crippen LogP contribution >= 0.6 is 0 Å². The Labute approximate surface area is 121 Å². The Hall–Kier alpha value is -1.78. The molecule has 0 aromatic carbocycles. The van der Waals surface area contributed by atoms with Crippen molar-refractivity contribution in [1.29, 1.82) is 0 Å². The third-order valence-corrected chi connectivity index (χ3v) is 3.33. The highest BCUT2D eigenvalue weighted by molar-refractivity contribution is 5.28. The van der Waals surface area contributed by atoms with Gasteiger partial charge >= 0.3 is 0 Å². The maximum absolute atomic E-state index is 4.55. The van der Waals surface area contributed by atoms with E-state index in [2.05, 4.69) is 37.5 Å². The predicted octanol–water partition coefficient (Wildman–Crippen LogP) is 3.08. The van der Waals surface area contributed by atoms with Crippen molar-refractivity contribution < 1.29 is 0 Å². The monoisotopic (exact) mass is 275 g/mol. The zero-order chi connectivity index (χ0) is 14.2. The van der Waals surface area contributed by atoms with Gasteiger partial charge in [0, 0.05) is 38.2 Å². The Morgan fingerprint density at radius 3 is 2.80 bits per heavy atom. The van der Waals surface area contributed by atoms with Gasteiger partial charge in [-0.3, -0.25) is 0 Å². The van der Waals surface area contributed by atoms with Crippen LogP contribution in [0.1, 0.15) is 38.3 Å². The van der Waals surface area contributed by atoms with Crippen LogP contribution in [0.4, 0.5) is 5.95 Å². The van der Waals surface area contributed by atoms with Gasteiger partial charge in [0.15, 0.2) is 0 Å². The number of imidazole rings is 2. The summed E-state index contributed by atoms with van der Waals surface area (Å²) in [7, 11) is 0. The molecule has 0 saturated carbocycles. The first-order valence-corrected chi connectivity index (χ1v) is 7.53. The predicted molar refractivity (Wildman–Crippen MR) is 81.8 cm³/mol. The lowest BCUT2D eigenvalue weighted by Crippen LogP contribution is -2.09. The van der Waals surface area contributed by atoms with Gasteiger partial charge in [0.1, 0.15) is 0 Å². The van der Waals surface area contributed by atoms with E-state index < -0.39 is 0 Å². The van der Waals surface area contributed by atoms with Gasteiger partial charge in [-0.1, -0.05) is 13.3 Å². The van der Waals surface area contributed by atoms with Crippen LogP contribution in [0.2, 0.25) is 0 Å². The van der Waals surface area contributed by atoms with Gasteiger partial charge < -0.3 is 14.5 Å². The first-order chi connectivity index (χ1) is 9.79. The highest BCUT2D eigenvalue weighted by Gasteiger charge is 2.04. The number of aromatic nitrogens is 4. The molecule has 2 heterocycles. The minimum atomic E-state index is 1.00. The molecule has 0 aliphatic heterocycles. The molecule has 2 rings (SSSR count). The molecule has 0 amide bonds. The molecule has 0 aliphatic rings. The average Bonchev–Trinajstić information content (AvgIpc) is 3.05. The summed E-state index contributed by atoms with van der Waals surface area (Å²) >= 11 is 0. The van der Waals surface area contributed by atoms with E-state index in [4.69, 9.17) is 0 Å². The van der Waals surface area contributed by atoms with E-state index in [9.17, 15) is 0 Å². The fourth-order valence-electron chi connectivity index (χ4n) is 2.23. The molecule has 0 bridgehead atoms. The van der Waals surface area contributed by atoms with Gasteiger partial charge in [-0.2, -0.15) is 0 Å². The maximum Gasteiger partial charge on any atom is 0.203 e. The Morgan fingerprint density at radius 2 is 2.05 bits per heavy atom. The molecule has 0 aliphatic carbocycles. The van der Waals surface area contributed by atoms with Crippen molar-refractivity contribution >= 4 is 5.95 Å². The summed E-state index contributed by atoms with van der Waals surface area (Å²) in [6.07, 6.45) is 12.5. The molecule has 0 spiro atoms. The molecule has 0 radical (unpaired) electrons. The van der Waals surface area contributed by atoms with Gasteiger partial charge in [0.25, 0.3) is 0 Å². The second-order valence-electron chi connectivity index (χ2n) is 5.19. The lowest BCUT2D eigenvalue weighted by atomic mass is 10.3. The molecule has 0 atom stereocenters. The lowest BCUT2D eigenvalue weighted by molar-refractivity contribution is 0.554. The zero-order valence-electron chi connectivity index (χ0n) is 12.5. The van der Waals surface area contributed by atoms with Crippen molar-refractivity contribution in [2.45, 2.75) is 52.6 Å². The van der Waals surface area contributed by atoms with Gasteiger partial charge in [-0.15, -0.1) is 0 Å². The van der Waals surface area contributed by atoms with Crippen LogP contribution in [0.5, 0.6) is 0 Å². The van der Waals surface area contributed by atoms with E-state index in [0.717, 1.165) is 44.1 Å². The lowest BCUT2D eigenvalue weighted by Gasteiger charge is -2.09. The Balaban J connectivity index is 1.76. The average molecular weight is 275 g/mol. The maximum atomic E-state index is 4.55. The summed E-state index contributed by atoms with van der Waals surface area (Å²) < 4.78 is 4.36. The first-order valence-electron chi connectivity index (χ1n) is 7.53. The van der Waals surface area contributed by atoms with Crippen molar-refractivity contribution in [3.63, 3.8) is 0 Å². The molecule has 5 heteroatoms. The smallest absolute Gasteiger partial charge is 0.203 e. The van der Waals surface area contributed by atoms with Crippen LogP contribution in [-0.2, 0) is 13.1 Å². The number of rotatable bonds is 9. The van der Waals surface area contributed by atoms with E-state index in [0.29, 0.717) is 0 Å². The molecule has 0 fully saturated rings. The van der Waals surface area contributed by atoms with Gasteiger partial charge in [0.05, 0.1) is 12.0 Å². The summed E-state index contributed by atoms with van der Waals surface area (Å²) in [4.78, 5) is 8.60. The topological polar surface area (TPSA) is 47.7 Å². The standard InChI is InChI=1S/C15H25N5/c1-3-4-7-17-15-18-14(2)12-20(15)10-6-5-9-19-11-8-16-13-19/h8,11-13H,3-7,9-10H2,1-2H3,(H,17,18). The minimum absolute atomic E-state index is 1.00.